The summed E-state index contributed by atoms with van der Waals surface area (Å²) in [4.78, 5) is 0. The van der Waals surface area contributed by atoms with E-state index in [4.69, 9.17) is 0 Å². The standard InChI is InChI=1S/C14H21BrIN/c1-4-6-10(3)14(17-5-2)12-9-11(15)7-8-13(12)16/h7-10,14,17H,4-6H2,1-3H3. The Morgan fingerprint density at radius 1 is 1.35 bits per heavy atom. The van der Waals surface area contributed by atoms with E-state index in [-0.39, 0.29) is 0 Å². The molecule has 96 valence electrons. The van der Waals surface area contributed by atoms with Crippen molar-refractivity contribution in [2.45, 2.75) is 39.7 Å². The van der Waals surface area contributed by atoms with E-state index in [0.717, 1.165) is 6.54 Å². The Balaban J connectivity index is 2.99. The number of nitrogens with one attached hydrogen (secondary N) is 1. The highest BCUT2D eigenvalue weighted by Gasteiger charge is 2.20. The minimum absolute atomic E-state index is 0.462. The number of hydrogen-bond donors (Lipinski definition) is 1. The summed E-state index contributed by atoms with van der Waals surface area (Å²) in [7, 11) is 0. The molecule has 1 rings (SSSR count). The molecule has 0 aliphatic carbocycles. The lowest BCUT2D eigenvalue weighted by molar-refractivity contribution is 0.368. The van der Waals surface area contributed by atoms with Gasteiger partial charge in [0.05, 0.1) is 0 Å². The summed E-state index contributed by atoms with van der Waals surface area (Å²) in [5.74, 6) is 0.669. The van der Waals surface area contributed by atoms with E-state index in [1.165, 1.54) is 26.4 Å². The maximum Gasteiger partial charge on any atom is 0.0356 e. The molecule has 1 aromatic rings. The highest BCUT2D eigenvalue weighted by atomic mass is 127. The first kappa shape index (κ1) is 15.4. The lowest BCUT2D eigenvalue weighted by Crippen LogP contribution is -2.27. The zero-order valence-electron chi connectivity index (χ0n) is 10.8. The Hall–Kier alpha value is 0.390. The van der Waals surface area contributed by atoms with Gasteiger partial charge in [-0.3, -0.25) is 0 Å². The zero-order chi connectivity index (χ0) is 12.8. The van der Waals surface area contributed by atoms with Crippen LogP contribution in [0.25, 0.3) is 0 Å². The molecule has 17 heavy (non-hydrogen) atoms. The summed E-state index contributed by atoms with van der Waals surface area (Å²) in [6.45, 7) is 7.79. The Morgan fingerprint density at radius 3 is 2.65 bits per heavy atom. The third kappa shape index (κ3) is 4.52. The Morgan fingerprint density at radius 2 is 2.06 bits per heavy atom. The molecule has 1 N–H and O–H groups in total. The van der Waals surface area contributed by atoms with Crippen LogP contribution >= 0.6 is 38.5 Å². The largest absolute Gasteiger partial charge is 0.310 e. The minimum Gasteiger partial charge on any atom is -0.310 e. The van der Waals surface area contributed by atoms with E-state index in [2.05, 4.69) is 82.8 Å². The molecule has 0 radical (unpaired) electrons. The molecule has 0 heterocycles. The smallest absolute Gasteiger partial charge is 0.0356 e. The van der Waals surface area contributed by atoms with Crippen molar-refractivity contribution >= 4 is 38.5 Å². The topological polar surface area (TPSA) is 12.0 Å². The van der Waals surface area contributed by atoms with Crippen LogP contribution in [0.1, 0.15) is 45.2 Å². The number of hydrogen-bond acceptors (Lipinski definition) is 1. The molecule has 0 saturated carbocycles. The number of halogens is 2. The van der Waals surface area contributed by atoms with E-state index in [0.29, 0.717) is 12.0 Å². The molecule has 0 fully saturated rings. The highest BCUT2D eigenvalue weighted by molar-refractivity contribution is 14.1. The first-order valence-electron chi connectivity index (χ1n) is 6.28. The van der Waals surface area contributed by atoms with Crippen molar-refractivity contribution in [3.63, 3.8) is 0 Å². The summed E-state index contributed by atoms with van der Waals surface area (Å²) in [5, 5.41) is 3.63. The third-order valence-electron chi connectivity index (χ3n) is 3.03. The average Bonchev–Trinajstić information content (AvgIpc) is 2.30. The van der Waals surface area contributed by atoms with Crippen LogP contribution in [0.15, 0.2) is 22.7 Å². The molecule has 3 heteroatoms. The van der Waals surface area contributed by atoms with Gasteiger partial charge in [0.2, 0.25) is 0 Å². The van der Waals surface area contributed by atoms with Gasteiger partial charge in [0.25, 0.3) is 0 Å². The Kier molecular flexibility index (Phi) is 7.04. The fourth-order valence-electron chi connectivity index (χ4n) is 2.21. The monoisotopic (exact) mass is 409 g/mol. The third-order valence-corrected chi connectivity index (χ3v) is 4.51. The lowest BCUT2D eigenvalue weighted by Gasteiger charge is -2.26. The highest BCUT2D eigenvalue weighted by Crippen LogP contribution is 2.30. The Labute approximate surface area is 127 Å². The fourth-order valence-corrected chi connectivity index (χ4v) is 3.26. The molecule has 0 saturated heterocycles. The van der Waals surface area contributed by atoms with Gasteiger partial charge in [-0.05, 0) is 65.2 Å². The van der Waals surface area contributed by atoms with Gasteiger partial charge in [-0.1, -0.05) is 43.1 Å². The molecule has 0 amide bonds. The maximum atomic E-state index is 3.63. The van der Waals surface area contributed by atoms with Crippen LogP contribution in [-0.2, 0) is 0 Å². The molecular weight excluding hydrogens is 389 g/mol. The van der Waals surface area contributed by atoms with E-state index >= 15 is 0 Å². The quantitative estimate of drug-likeness (QED) is 0.641. The summed E-state index contributed by atoms with van der Waals surface area (Å²) in [5.41, 5.74) is 1.42. The zero-order valence-corrected chi connectivity index (χ0v) is 14.5. The summed E-state index contributed by atoms with van der Waals surface area (Å²) >= 11 is 6.01. The molecule has 2 unspecified atom stereocenters. The van der Waals surface area contributed by atoms with Crippen molar-refractivity contribution in [3.8, 4) is 0 Å². The second kappa shape index (κ2) is 7.74. The molecule has 0 spiro atoms. The van der Waals surface area contributed by atoms with E-state index in [1.807, 2.05) is 0 Å². The molecule has 0 aliphatic heterocycles. The van der Waals surface area contributed by atoms with Crippen LogP contribution < -0.4 is 5.32 Å². The summed E-state index contributed by atoms with van der Waals surface area (Å²) in [6, 6.07) is 7.01. The van der Waals surface area contributed by atoms with Gasteiger partial charge in [0.15, 0.2) is 0 Å². The second-order valence-corrected chi connectivity index (χ2v) is 6.55. The van der Waals surface area contributed by atoms with Crippen molar-refractivity contribution in [2.24, 2.45) is 5.92 Å². The second-order valence-electron chi connectivity index (χ2n) is 4.47. The Bertz CT molecular complexity index is 354. The van der Waals surface area contributed by atoms with Gasteiger partial charge >= 0.3 is 0 Å². The van der Waals surface area contributed by atoms with Crippen LogP contribution in [0, 0.1) is 9.49 Å². The van der Waals surface area contributed by atoms with Crippen LogP contribution in [-0.4, -0.2) is 6.54 Å². The van der Waals surface area contributed by atoms with Gasteiger partial charge in [-0.2, -0.15) is 0 Å². The predicted molar refractivity (Wildman–Crippen MR) is 87.3 cm³/mol. The molecule has 0 aliphatic rings. The van der Waals surface area contributed by atoms with Crippen molar-refractivity contribution in [1.29, 1.82) is 0 Å². The van der Waals surface area contributed by atoms with Gasteiger partial charge in [-0.25, -0.2) is 0 Å². The molecule has 0 aromatic heterocycles. The van der Waals surface area contributed by atoms with Crippen LogP contribution in [0.2, 0.25) is 0 Å². The van der Waals surface area contributed by atoms with Crippen LogP contribution in [0.3, 0.4) is 0 Å². The maximum absolute atomic E-state index is 3.63. The minimum atomic E-state index is 0.462. The van der Waals surface area contributed by atoms with E-state index in [1.54, 1.807) is 0 Å². The number of rotatable bonds is 6. The van der Waals surface area contributed by atoms with Crippen molar-refractivity contribution in [1.82, 2.24) is 5.32 Å². The SMILES string of the molecule is CCCC(C)C(NCC)c1cc(Br)ccc1I. The summed E-state index contributed by atoms with van der Waals surface area (Å²) < 4.78 is 2.51. The van der Waals surface area contributed by atoms with E-state index < -0.39 is 0 Å². The normalized spacial score (nSPS) is 14.6. The van der Waals surface area contributed by atoms with Gasteiger partial charge in [0, 0.05) is 14.1 Å². The van der Waals surface area contributed by atoms with Gasteiger partial charge in [0.1, 0.15) is 0 Å². The molecule has 1 nitrogen and oxygen atoms in total. The van der Waals surface area contributed by atoms with E-state index in [9.17, 15) is 0 Å². The van der Waals surface area contributed by atoms with Gasteiger partial charge < -0.3 is 5.32 Å². The predicted octanol–water partition coefficient (Wildman–Crippen LogP) is 5.14. The van der Waals surface area contributed by atoms with Crippen LogP contribution in [0.5, 0.6) is 0 Å². The van der Waals surface area contributed by atoms with Crippen molar-refractivity contribution in [3.05, 3.63) is 31.8 Å². The lowest BCUT2D eigenvalue weighted by atomic mass is 9.91. The fraction of sp³-hybridized carbons (Fsp3) is 0.571. The molecule has 0 bridgehead atoms. The first-order chi connectivity index (χ1) is 8.10. The van der Waals surface area contributed by atoms with Crippen molar-refractivity contribution in [2.75, 3.05) is 6.54 Å². The van der Waals surface area contributed by atoms with Crippen LogP contribution in [0.4, 0.5) is 0 Å². The molecular formula is C14H21BrIN. The van der Waals surface area contributed by atoms with Gasteiger partial charge in [-0.15, -0.1) is 0 Å². The first-order valence-corrected chi connectivity index (χ1v) is 8.15. The summed E-state index contributed by atoms with van der Waals surface area (Å²) in [6.07, 6.45) is 2.51. The number of benzene rings is 1. The van der Waals surface area contributed by atoms with Crippen molar-refractivity contribution < 1.29 is 0 Å². The average molecular weight is 410 g/mol. The molecule has 2 atom stereocenters. The molecule has 1 aromatic carbocycles.